The van der Waals surface area contributed by atoms with Crippen LogP contribution in [0, 0.1) is 0 Å². The fraction of sp³-hybridized carbons (Fsp3) is 0.273. The van der Waals surface area contributed by atoms with E-state index in [4.69, 9.17) is 9.15 Å². The first-order valence-corrected chi connectivity index (χ1v) is 8.82. The third kappa shape index (κ3) is 5.05. The van der Waals surface area contributed by atoms with Crippen LogP contribution in [0.4, 0.5) is 0 Å². The highest BCUT2D eigenvalue weighted by Gasteiger charge is 2.21. The fourth-order valence-corrected chi connectivity index (χ4v) is 3.15. The molecule has 1 aromatic heterocycles. The zero-order chi connectivity index (χ0) is 18.2. The number of benzene rings is 2. The van der Waals surface area contributed by atoms with Crippen molar-refractivity contribution in [2.75, 3.05) is 20.2 Å². The maximum Gasteiger partial charge on any atom is 0.129 e. The molecule has 0 amide bonds. The molecule has 1 unspecified atom stereocenters. The van der Waals surface area contributed by atoms with E-state index >= 15 is 0 Å². The molecule has 0 radical (unpaired) electrons. The summed E-state index contributed by atoms with van der Waals surface area (Å²) in [5.74, 6) is 0.761. The van der Waals surface area contributed by atoms with E-state index in [9.17, 15) is 5.11 Å². The largest absolute Gasteiger partial charge is 0.467 e. The van der Waals surface area contributed by atoms with Crippen LogP contribution in [0.2, 0.25) is 0 Å². The zero-order valence-corrected chi connectivity index (χ0v) is 15.0. The maximum absolute atomic E-state index is 10.4. The lowest BCUT2D eigenvalue weighted by Crippen LogP contribution is -2.35. The molecule has 0 fully saturated rings. The van der Waals surface area contributed by atoms with Crippen LogP contribution in [0.25, 0.3) is 0 Å². The van der Waals surface area contributed by atoms with Crippen LogP contribution in [0.15, 0.2) is 83.5 Å². The van der Waals surface area contributed by atoms with Gasteiger partial charge in [0.05, 0.1) is 25.0 Å². The van der Waals surface area contributed by atoms with Crippen molar-refractivity contribution in [3.63, 3.8) is 0 Å². The van der Waals surface area contributed by atoms with Gasteiger partial charge in [-0.05, 0) is 30.3 Å². The lowest BCUT2D eigenvalue weighted by Gasteiger charge is -2.30. The molecule has 3 rings (SSSR count). The van der Waals surface area contributed by atoms with Gasteiger partial charge in [0.2, 0.25) is 0 Å². The molecule has 0 bridgehead atoms. The molecule has 1 heterocycles. The van der Waals surface area contributed by atoms with Crippen molar-refractivity contribution < 1.29 is 14.3 Å². The lowest BCUT2D eigenvalue weighted by atomic mass is 9.97. The number of nitrogens with zero attached hydrogens (tertiary/aromatic N) is 1. The molecule has 0 saturated heterocycles. The van der Waals surface area contributed by atoms with Crippen molar-refractivity contribution in [3.05, 3.63) is 95.9 Å². The summed E-state index contributed by atoms with van der Waals surface area (Å²) < 4.78 is 10.8. The summed E-state index contributed by atoms with van der Waals surface area (Å²) >= 11 is 0. The Labute approximate surface area is 154 Å². The van der Waals surface area contributed by atoms with Gasteiger partial charge in [0, 0.05) is 6.54 Å². The van der Waals surface area contributed by atoms with Crippen molar-refractivity contribution in [2.45, 2.75) is 18.8 Å². The zero-order valence-electron chi connectivity index (χ0n) is 15.0. The standard InChI is InChI=1S/C22H25NO3/c1-23(15-20(24)16-25-17-21-13-8-14-26-21)22(18-9-4-2-5-10-18)19-11-6-3-7-12-19/h2-14,20,22,24H,15-17H2,1H3. The second-order valence-electron chi connectivity index (χ2n) is 6.41. The van der Waals surface area contributed by atoms with Crippen molar-refractivity contribution >= 4 is 0 Å². The second kappa shape index (κ2) is 9.34. The first-order valence-electron chi connectivity index (χ1n) is 8.82. The second-order valence-corrected chi connectivity index (χ2v) is 6.41. The Morgan fingerprint density at radius 2 is 1.54 bits per heavy atom. The Morgan fingerprint density at radius 3 is 2.08 bits per heavy atom. The van der Waals surface area contributed by atoms with Crippen molar-refractivity contribution in [1.29, 1.82) is 0 Å². The lowest BCUT2D eigenvalue weighted by molar-refractivity contribution is 0.00500. The molecule has 0 aliphatic heterocycles. The Morgan fingerprint density at radius 1 is 0.923 bits per heavy atom. The monoisotopic (exact) mass is 351 g/mol. The van der Waals surface area contributed by atoms with E-state index in [1.54, 1.807) is 6.26 Å². The molecule has 3 aromatic rings. The van der Waals surface area contributed by atoms with Gasteiger partial charge in [0.25, 0.3) is 0 Å². The van der Waals surface area contributed by atoms with Gasteiger partial charge in [-0.3, -0.25) is 4.90 Å². The van der Waals surface area contributed by atoms with Gasteiger partial charge in [-0.1, -0.05) is 60.7 Å². The van der Waals surface area contributed by atoms with E-state index in [-0.39, 0.29) is 12.6 Å². The Balaban J connectivity index is 1.62. The number of likely N-dealkylation sites (N-methyl/N-ethyl adjacent to an activating group) is 1. The number of ether oxygens (including phenoxy) is 1. The third-order valence-corrected chi connectivity index (χ3v) is 4.30. The summed E-state index contributed by atoms with van der Waals surface area (Å²) in [6.45, 7) is 1.14. The highest BCUT2D eigenvalue weighted by Crippen LogP contribution is 2.27. The summed E-state index contributed by atoms with van der Waals surface area (Å²) in [7, 11) is 2.03. The molecule has 1 atom stereocenters. The summed E-state index contributed by atoms with van der Waals surface area (Å²) in [6, 6.07) is 24.5. The van der Waals surface area contributed by atoms with Crippen LogP contribution in [0.1, 0.15) is 22.9 Å². The molecule has 0 aliphatic carbocycles. The highest BCUT2D eigenvalue weighted by molar-refractivity contribution is 5.31. The molecule has 0 aliphatic rings. The number of rotatable bonds is 9. The van der Waals surface area contributed by atoms with Crippen LogP contribution >= 0.6 is 0 Å². The van der Waals surface area contributed by atoms with Crippen LogP contribution in [0.5, 0.6) is 0 Å². The number of furan rings is 1. The van der Waals surface area contributed by atoms with Gasteiger partial charge in [0.15, 0.2) is 0 Å². The predicted octanol–water partition coefficient (Wildman–Crippen LogP) is 3.88. The molecular formula is C22H25NO3. The van der Waals surface area contributed by atoms with Crippen LogP contribution < -0.4 is 0 Å². The van der Waals surface area contributed by atoms with E-state index in [1.165, 1.54) is 11.1 Å². The molecule has 4 heteroatoms. The topological polar surface area (TPSA) is 45.8 Å². The molecule has 136 valence electrons. The summed E-state index contributed by atoms with van der Waals surface area (Å²) in [5.41, 5.74) is 2.40. The number of aliphatic hydroxyl groups excluding tert-OH is 1. The van der Waals surface area contributed by atoms with Gasteiger partial charge in [-0.15, -0.1) is 0 Å². The number of aliphatic hydroxyl groups is 1. The minimum Gasteiger partial charge on any atom is -0.467 e. The van der Waals surface area contributed by atoms with E-state index in [0.29, 0.717) is 13.2 Å². The van der Waals surface area contributed by atoms with E-state index < -0.39 is 6.10 Å². The van der Waals surface area contributed by atoms with Gasteiger partial charge < -0.3 is 14.3 Å². The highest BCUT2D eigenvalue weighted by atomic mass is 16.5. The van der Waals surface area contributed by atoms with E-state index in [1.807, 2.05) is 55.6 Å². The van der Waals surface area contributed by atoms with Gasteiger partial charge >= 0.3 is 0 Å². The minimum atomic E-state index is -0.579. The van der Waals surface area contributed by atoms with Gasteiger partial charge in [-0.2, -0.15) is 0 Å². The Kier molecular flexibility index (Phi) is 6.61. The first kappa shape index (κ1) is 18.4. The summed E-state index contributed by atoms with van der Waals surface area (Å²) in [4.78, 5) is 2.16. The summed E-state index contributed by atoms with van der Waals surface area (Å²) in [5, 5.41) is 10.4. The normalized spacial score (nSPS) is 12.6. The number of hydrogen-bond donors (Lipinski definition) is 1. The Hall–Kier alpha value is -2.40. The van der Waals surface area contributed by atoms with Crippen molar-refractivity contribution in [2.24, 2.45) is 0 Å². The van der Waals surface area contributed by atoms with E-state index in [0.717, 1.165) is 5.76 Å². The molecule has 0 spiro atoms. The Bertz CT molecular complexity index is 704. The molecule has 0 saturated carbocycles. The van der Waals surface area contributed by atoms with E-state index in [2.05, 4.69) is 29.2 Å². The minimum absolute atomic E-state index is 0.0807. The van der Waals surface area contributed by atoms with Crippen molar-refractivity contribution in [1.82, 2.24) is 4.90 Å². The average molecular weight is 351 g/mol. The fourth-order valence-electron chi connectivity index (χ4n) is 3.15. The third-order valence-electron chi connectivity index (χ3n) is 4.30. The first-order chi connectivity index (χ1) is 12.7. The van der Waals surface area contributed by atoms with Crippen LogP contribution in [-0.4, -0.2) is 36.3 Å². The van der Waals surface area contributed by atoms with Gasteiger partial charge in [0.1, 0.15) is 12.4 Å². The molecule has 4 nitrogen and oxygen atoms in total. The molecule has 2 aromatic carbocycles. The average Bonchev–Trinajstić information content (AvgIpc) is 3.17. The molecular weight excluding hydrogens is 326 g/mol. The summed E-state index contributed by atoms with van der Waals surface area (Å²) in [6.07, 6.45) is 1.04. The molecule has 26 heavy (non-hydrogen) atoms. The SMILES string of the molecule is CN(CC(O)COCc1ccco1)C(c1ccccc1)c1ccccc1. The van der Waals surface area contributed by atoms with Crippen LogP contribution in [-0.2, 0) is 11.3 Å². The van der Waals surface area contributed by atoms with Crippen LogP contribution in [0.3, 0.4) is 0 Å². The van der Waals surface area contributed by atoms with Crippen molar-refractivity contribution in [3.8, 4) is 0 Å². The quantitative estimate of drug-likeness (QED) is 0.635. The molecule has 1 N–H and O–H groups in total. The maximum atomic E-state index is 10.4. The number of hydrogen-bond acceptors (Lipinski definition) is 4. The predicted molar refractivity (Wildman–Crippen MR) is 102 cm³/mol. The van der Waals surface area contributed by atoms with Gasteiger partial charge in [-0.25, -0.2) is 0 Å². The smallest absolute Gasteiger partial charge is 0.129 e.